The van der Waals surface area contributed by atoms with Crippen molar-refractivity contribution in [1.29, 1.82) is 0 Å². The fourth-order valence-corrected chi connectivity index (χ4v) is 2.49. The maximum atomic E-state index is 11.7. The van der Waals surface area contributed by atoms with E-state index in [1.54, 1.807) is 24.3 Å². The standard InChI is InChI=1S/C14H20N2O2S/c1-19-14(7-8-14)10-16-13(17)6-9-18-12-4-2-11(15)3-5-12/h2-5H,6-10,15H2,1H3,(H,16,17). The Labute approximate surface area is 118 Å². The van der Waals surface area contributed by atoms with Crippen molar-refractivity contribution < 1.29 is 9.53 Å². The SMILES string of the molecule is CSC1(CNC(=O)CCOc2ccc(N)cc2)CC1. The van der Waals surface area contributed by atoms with E-state index in [0.717, 1.165) is 12.3 Å². The second-order valence-electron chi connectivity index (χ2n) is 4.83. The first-order valence-electron chi connectivity index (χ1n) is 6.44. The lowest BCUT2D eigenvalue weighted by Gasteiger charge is -2.13. The van der Waals surface area contributed by atoms with Gasteiger partial charge in [-0.15, -0.1) is 0 Å². The van der Waals surface area contributed by atoms with Crippen molar-refractivity contribution in [2.75, 3.05) is 25.1 Å². The second kappa shape index (κ2) is 6.19. The van der Waals surface area contributed by atoms with Crippen molar-refractivity contribution in [1.82, 2.24) is 5.32 Å². The third-order valence-electron chi connectivity index (χ3n) is 3.33. The summed E-state index contributed by atoms with van der Waals surface area (Å²) in [5, 5.41) is 2.97. The van der Waals surface area contributed by atoms with Crippen molar-refractivity contribution in [2.24, 2.45) is 0 Å². The number of carbonyl (C=O) groups excluding carboxylic acids is 1. The molecule has 0 unspecified atom stereocenters. The van der Waals surface area contributed by atoms with Gasteiger partial charge in [0.15, 0.2) is 0 Å². The first-order valence-corrected chi connectivity index (χ1v) is 7.66. The zero-order valence-electron chi connectivity index (χ0n) is 11.1. The zero-order valence-corrected chi connectivity index (χ0v) is 12.0. The fraction of sp³-hybridized carbons (Fsp3) is 0.500. The van der Waals surface area contributed by atoms with Crippen LogP contribution in [-0.4, -0.2) is 30.1 Å². The number of thioether (sulfide) groups is 1. The number of rotatable bonds is 7. The topological polar surface area (TPSA) is 64.3 Å². The van der Waals surface area contributed by atoms with Crippen molar-refractivity contribution in [3.05, 3.63) is 24.3 Å². The minimum absolute atomic E-state index is 0.0516. The van der Waals surface area contributed by atoms with E-state index in [2.05, 4.69) is 11.6 Å². The Kier molecular flexibility index (Phi) is 4.58. The van der Waals surface area contributed by atoms with E-state index in [4.69, 9.17) is 10.5 Å². The molecule has 0 spiro atoms. The van der Waals surface area contributed by atoms with Gasteiger partial charge in [-0.1, -0.05) is 0 Å². The number of nitrogen functional groups attached to an aromatic ring is 1. The molecule has 0 atom stereocenters. The van der Waals surface area contributed by atoms with Crippen molar-refractivity contribution in [2.45, 2.75) is 24.0 Å². The molecule has 104 valence electrons. The predicted molar refractivity (Wildman–Crippen MR) is 79.5 cm³/mol. The number of hydrogen-bond acceptors (Lipinski definition) is 4. The van der Waals surface area contributed by atoms with E-state index < -0.39 is 0 Å². The molecule has 4 nitrogen and oxygen atoms in total. The van der Waals surface area contributed by atoms with Crippen molar-refractivity contribution in [3.63, 3.8) is 0 Å². The highest BCUT2D eigenvalue weighted by molar-refractivity contribution is 8.00. The molecular weight excluding hydrogens is 260 g/mol. The zero-order chi connectivity index (χ0) is 13.7. The van der Waals surface area contributed by atoms with Gasteiger partial charge in [-0.05, 0) is 43.4 Å². The Bertz CT molecular complexity index is 430. The van der Waals surface area contributed by atoms with E-state index in [0.29, 0.717) is 23.5 Å². The van der Waals surface area contributed by atoms with Crippen LogP contribution in [0.5, 0.6) is 5.75 Å². The van der Waals surface area contributed by atoms with Gasteiger partial charge in [-0.25, -0.2) is 0 Å². The van der Waals surface area contributed by atoms with Crippen LogP contribution in [0.1, 0.15) is 19.3 Å². The number of ether oxygens (including phenoxy) is 1. The average molecular weight is 280 g/mol. The van der Waals surface area contributed by atoms with Crippen LogP contribution >= 0.6 is 11.8 Å². The molecule has 1 aromatic rings. The molecule has 0 heterocycles. The monoisotopic (exact) mass is 280 g/mol. The number of nitrogens with two attached hydrogens (primary N) is 1. The van der Waals surface area contributed by atoms with Crippen molar-refractivity contribution >= 4 is 23.4 Å². The number of amides is 1. The maximum Gasteiger partial charge on any atom is 0.223 e. The lowest BCUT2D eigenvalue weighted by molar-refractivity contribution is -0.121. The highest BCUT2D eigenvalue weighted by Gasteiger charge is 2.41. The van der Waals surface area contributed by atoms with E-state index >= 15 is 0 Å². The summed E-state index contributed by atoms with van der Waals surface area (Å²) >= 11 is 1.84. The van der Waals surface area contributed by atoms with Gasteiger partial charge >= 0.3 is 0 Å². The minimum atomic E-state index is 0.0516. The Morgan fingerprint density at radius 3 is 2.68 bits per heavy atom. The number of carbonyl (C=O) groups is 1. The Morgan fingerprint density at radius 1 is 1.42 bits per heavy atom. The summed E-state index contributed by atoms with van der Waals surface area (Å²) in [4.78, 5) is 11.7. The van der Waals surface area contributed by atoms with Crippen LogP contribution in [0.25, 0.3) is 0 Å². The number of nitrogens with one attached hydrogen (secondary N) is 1. The molecule has 1 amide bonds. The van der Waals surface area contributed by atoms with Crippen LogP contribution in [0.3, 0.4) is 0 Å². The van der Waals surface area contributed by atoms with Crippen LogP contribution < -0.4 is 15.8 Å². The van der Waals surface area contributed by atoms with Crippen LogP contribution in [0.4, 0.5) is 5.69 Å². The summed E-state index contributed by atoms with van der Waals surface area (Å²) in [5.41, 5.74) is 6.29. The van der Waals surface area contributed by atoms with Crippen LogP contribution in [0, 0.1) is 0 Å². The summed E-state index contributed by atoms with van der Waals surface area (Å²) in [6.45, 7) is 1.16. The molecule has 5 heteroatoms. The van der Waals surface area contributed by atoms with Gasteiger partial charge in [0.2, 0.25) is 5.91 Å². The molecule has 0 aromatic heterocycles. The fourth-order valence-electron chi connectivity index (χ4n) is 1.77. The highest BCUT2D eigenvalue weighted by Crippen LogP contribution is 2.46. The lowest BCUT2D eigenvalue weighted by Crippen LogP contribution is -2.32. The van der Waals surface area contributed by atoms with Gasteiger partial charge in [0, 0.05) is 17.0 Å². The molecule has 19 heavy (non-hydrogen) atoms. The minimum Gasteiger partial charge on any atom is -0.493 e. The van der Waals surface area contributed by atoms with Gasteiger partial charge in [-0.2, -0.15) is 11.8 Å². The number of hydrogen-bond donors (Lipinski definition) is 2. The maximum absolute atomic E-state index is 11.7. The smallest absolute Gasteiger partial charge is 0.223 e. The third-order valence-corrected chi connectivity index (χ3v) is 4.74. The number of benzene rings is 1. The Hall–Kier alpha value is -1.36. The summed E-state index contributed by atoms with van der Waals surface area (Å²) in [6, 6.07) is 7.18. The van der Waals surface area contributed by atoms with Crippen molar-refractivity contribution in [3.8, 4) is 5.75 Å². The molecular formula is C14H20N2O2S. The molecule has 1 aliphatic carbocycles. The van der Waals surface area contributed by atoms with Gasteiger partial charge < -0.3 is 15.8 Å². The Morgan fingerprint density at radius 2 is 2.11 bits per heavy atom. The molecule has 1 saturated carbocycles. The quantitative estimate of drug-likeness (QED) is 0.750. The summed E-state index contributed by atoms with van der Waals surface area (Å²) in [6.07, 6.45) is 4.89. The average Bonchev–Trinajstić information content (AvgIpc) is 3.19. The molecule has 2 rings (SSSR count). The van der Waals surface area contributed by atoms with Gasteiger partial charge in [0.1, 0.15) is 5.75 Å². The normalized spacial score (nSPS) is 15.8. The molecule has 0 aliphatic heterocycles. The lowest BCUT2D eigenvalue weighted by atomic mass is 10.3. The molecule has 0 bridgehead atoms. The first kappa shape index (κ1) is 14.1. The van der Waals surface area contributed by atoms with Crippen LogP contribution in [-0.2, 0) is 4.79 Å². The molecule has 1 fully saturated rings. The van der Waals surface area contributed by atoms with E-state index in [1.807, 2.05) is 11.8 Å². The predicted octanol–water partition coefficient (Wildman–Crippen LogP) is 2.05. The van der Waals surface area contributed by atoms with Crippen LogP contribution in [0.2, 0.25) is 0 Å². The van der Waals surface area contributed by atoms with E-state index in [1.165, 1.54) is 12.8 Å². The Balaban J connectivity index is 1.62. The molecule has 1 aliphatic rings. The van der Waals surface area contributed by atoms with Crippen LogP contribution in [0.15, 0.2) is 24.3 Å². The van der Waals surface area contributed by atoms with Gasteiger partial charge in [-0.3, -0.25) is 4.79 Å². The third kappa shape index (κ3) is 4.35. The molecule has 0 saturated heterocycles. The molecule has 1 aromatic carbocycles. The number of anilines is 1. The summed E-state index contributed by atoms with van der Waals surface area (Å²) < 4.78 is 5.80. The largest absolute Gasteiger partial charge is 0.493 e. The van der Waals surface area contributed by atoms with Gasteiger partial charge in [0.05, 0.1) is 13.0 Å². The van der Waals surface area contributed by atoms with Gasteiger partial charge in [0.25, 0.3) is 0 Å². The molecule has 0 radical (unpaired) electrons. The van der Waals surface area contributed by atoms with E-state index in [9.17, 15) is 4.79 Å². The van der Waals surface area contributed by atoms with E-state index in [-0.39, 0.29) is 5.91 Å². The molecule has 3 N–H and O–H groups in total. The first-order chi connectivity index (χ1) is 9.13. The second-order valence-corrected chi connectivity index (χ2v) is 6.11. The summed E-state index contributed by atoms with van der Waals surface area (Å²) in [7, 11) is 0. The summed E-state index contributed by atoms with van der Waals surface area (Å²) in [5.74, 6) is 0.792. The highest BCUT2D eigenvalue weighted by atomic mass is 32.2.